The van der Waals surface area contributed by atoms with Gasteiger partial charge in [0.15, 0.2) is 0 Å². The van der Waals surface area contributed by atoms with E-state index in [1.54, 1.807) is 0 Å². The maximum absolute atomic E-state index is 12.7. The zero-order valence-corrected chi connectivity index (χ0v) is 11.8. The van der Waals surface area contributed by atoms with Crippen LogP contribution in [0.2, 0.25) is 0 Å². The number of nitrogens with zero attached hydrogens (tertiary/aromatic N) is 1. The summed E-state index contributed by atoms with van der Waals surface area (Å²) in [6.45, 7) is 4.09. The van der Waals surface area contributed by atoms with Crippen LogP contribution in [0.3, 0.4) is 0 Å². The van der Waals surface area contributed by atoms with Crippen molar-refractivity contribution >= 4 is 17.7 Å². The molecule has 0 bridgehead atoms. The van der Waals surface area contributed by atoms with Crippen LogP contribution >= 0.6 is 11.8 Å². The Bertz CT molecular complexity index is 271. The fraction of sp³-hybridized carbons (Fsp3) is 0.923. The number of carbonyl (C=O) groups is 1. The SMILES string of the molecule is CCC1(C(=O)N(C)C2CCSC2)CCCNC1. The van der Waals surface area contributed by atoms with Gasteiger partial charge >= 0.3 is 0 Å². The van der Waals surface area contributed by atoms with Gasteiger partial charge < -0.3 is 10.2 Å². The van der Waals surface area contributed by atoms with E-state index in [0.717, 1.165) is 38.1 Å². The van der Waals surface area contributed by atoms with Gasteiger partial charge in [-0.1, -0.05) is 6.92 Å². The highest BCUT2D eigenvalue weighted by Gasteiger charge is 2.41. The highest BCUT2D eigenvalue weighted by atomic mass is 32.2. The van der Waals surface area contributed by atoms with Gasteiger partial charge in [-0.25, -0.2) is 0 Å². The number of amides is 1. The molecule has 1 amide bonds. The molecule has 0 radical (unpaired) electrons. The molecule has 2 saturated heterocycles. The molecule has 0 saturated carbocycles. The molecule has 2 unspecified atom stereocenters. The van der Waals surface area contributed by atoms with E-state index in [2.05, 4.69) is 12.2 Å². The number of hydrogen-bond donors (Lipinski definition) is 1. The Kier molecular flexibility index (Phi) is 4.36. The lowest BCUT2D eigenvalue weighted by Crippen LogP contribution is -2.53. The predicted molar refractivity (Wildman–Crippen MR) is 73.3 cm³/mol. The zero-order chi connectivity index (χ0) is 12.3. The van der Waals surface area contributed by atoms with E-state index in [-0.39, 0.29) is 5.41 Å². The predicted octanol–water partition coefficient (Wildman–Crippen LogP) is 1.73. The molecule has 2 aliphatic rings. The highest BCUT2D eigenvalue weighted by molar-refractivity contribution is 7.99. The van der Waals surface area contributed by atoms with E-state index in [1.807, 2.05) is 23.7 Å². The molecule has 3 nitrogen and oxygen atoms in total. The topological polar surface area (TPSA) is 32.3 Å². The number of hydrogen-bond acceptors (Lipinski definition) is 3. The zero-order valence-electron chi connectivity index (χ0n) is 11.0. The Balaban J connectivity index is 2.04. The first-order valence-electron chi connectivity index (χ1n) is 6.75. The second-order valence-corrected chi connectivity index (χ2v) is 6.50. The summed E-state index contributed by atoms with van der Waals surface area (Å²) in [6.07, 6.45) is 4.32. The average molecular weight is 256 g/mol. The smallest absolute Gasteiger partial charge is 0.230 e. The van der Waals surface area contributed by atoms with Crippen LogP contribution in [0, 0.1) is 5.41 Å². The molecule has 2 fully saturated rings. The summed E-state index contributed by atoms with van der Waals surface area (Å²) in [4.78, 5) is 14.8. The quantitative estimate of drug-likeness (QED) is 0.834. The van der Waals surface area contributed by atoms with Crippen LogP contribution in [0.5, 0.6) is 0 Å². The molecule has 0 spiro atoms. The first-order valence-corrected chi connectivity index (χ1v) is 7.91. The Hall–Kier alpha value is -0.220. The average Bonchev–Trinajstić information content (AvgIpc) is 2.91. The van der Waals surface area contributed by atoms with Gasteiger partial charge in [0.05, 0.1) is 5.41 Å². The van der Waals surface area contributed by atoms with Crippen LogP contribution in [0.25, 0.3) is 0 Å². The van der Waals surface area contributed by atoms with Gasteiger partial charge in [-0.3, -0.25) is 4.79 Å². The molecule has 98 valence electrons. The van der Waals surface area contributed by atoms with Crippen LogP contribution in [-0.2, 0) is 4.79 Å². The van der Waals surface area contributed by atoms with Crippen molar-refractivity contribution in [3.8, 4) is 0 Å². The maximum Gasteiger partial charge on any atom is 0.230 e. The third kappa shape index (κ3) is 2.63. The van der Waals surface area contributed by atoms with Crippen molar-refractivity contribution in [3.63, 3.8) is 0 Å². The Morgan fingerprint density at radius 1 is 1.59 bits per heavy atom. The normalized spacial score (nSPS) is 33.6. The minimum Gasteiger partial charge on any atom is -0.341 e. The van der Waals surface area contributed by atoms with Crippen molar-refractivity contribution in [2.24, 2.45) is 5.41 Å². The molecule has 1 N–H and O–H groups in total. The summed E-state index contributed by atoms with van der Waals surface area (Å²) in [5, 5.41) is 3.40. The second kappa shape index (κ2) is 5.61. The molecule has 17 heavy (non-hydrogen) atoms. The summed E-state index contributed by atoms with van der Waals surface area (Å²) in [6, 6.07) is 0.470. The monoisotopic (exact) mass is 256 g/mol. The molecular weight excluding hydrogens is 232 g/mol. The van der Waals surface area contributed by atoms with E-state index in [4.69, 9.17) is 0 Å². The van der Waals surface area contributed by atoms with Crippen LogP contribution in [0.4, 0.5) is 0 Å². The van der Waals surface area contributed by atoms with Crippen molar-refractivity contribution in [2.75, 3.05) is 31.6 Å². The third-order valence-corrected chi connectivity index (χ3v) is 5.52. The number of rotatable bonds is 3. The van der Waals surface area contributed by atoms with E-state index in [1.165, 1.54) is 12.2 Å². The van der Waals surface area contributed by atoms with Gasteiger partial charge in [0.2, 0.25) is 5.91 Å². The van der Waals surface area contributed by atoms with Crippen molar-refractivity contribution in [3.05, 3.63) is 0 Å². The molecule has 0 aromatic carbocycles. The van der Waals surface area contributed by atoms with E-state index in [0.29, 0.717) is 11.9 Å². The molecule has 0 aromatic rings. The maximum atomic E-state index is 12.7. The first kappa shape index (κ1) is 13.2. The fourth-order valence-electron chi connectivity index (χ4n) is 2.97. The van der Waals surface area contributed by atoms with E-state index in [9.17, 15) is 4.79 Å². The highest BCUT2D eigenvalue weighted by Crippen LogP contribution is 2.34. The Morgan fingerprint density at radius 2 is 2.41 bits per heavy atom. The number of piperidine rings is 1. The van der Waals surface area contributed by atoms with Gasteiger partial charge in [0.1, 0.15) is 0 Å². The molecule has 4 heteroatoms. The second-order valence-electron chi connectivity index (χ2n) is 5.35. The first-order chi connectivity index (χ1) is 8.19. The third-order valence-electron chi connectivity index (χ3n) is 4.38. The number of thioether (sulfide) groups is 1. The molecule has 2 atom stereocenters. The minimum absolute atomic E-state index is 0.125. The standard InChI is InChI=1S/C13H24N2OS/c1-3-13(6-4-7-14-10-13)12(16)15(2)11-5-8-17-9-11/h11,14H,3-10H2,1-2H3. The summed E-state index contributed by atoms with van der Waals surface area (Å²) in [5.74, 6) is 2.70. The van der Waals surface area contributed by atoms with Crippen LogP contribution in [0.1, 0.15) is 32.6 Å². The molecule has 0 aliphatic carbocycles. The fourth-order valence-corrected chi connectivity index (χ4v) is 4.24. The largest absolute Gasteiger partial charge is 0.341 e. The van der Waals surface area contributed by atoms with Crippen LogP contribution in [0.15, 0.2) is 0 Å². The van der Waals surface area contributed by atoms with E-state index >= 15 is 0 Å². The summed E-state index contributed by atoms with van der Waals surface area (Å²) in [7, 11) is 2.00. The lowest BCUT2D eigenvalue weighted by atomic mass is 9.77. The van der Waals surface area contributed by atoms with E-state index < -0.39 is 0 Å². The van der Waals surface area contributed by atoms with Crippen molar-refractivity contribution in [1.82, 2.24) is 10.2 Å². The van der Waals surface area contributed by atoms with Gasteiger partial charge in [-0.05, 0) is 38.0 Å². The Morgan fingerprint density at radius 3 is 2.94 bits per heavy atom. The lowest BCUT2D eigenvalue weighted by Gasteiger charge is -2.40. The molecular formula is C13H24N2OS. The lowest BCUT2D eigenvalue weighted by molar-refractivity contribution is -0.144. The molecule has 2 aliphatic heterocycles. The number of carbonyl (C=O) groups excluding carboxylic acids is 1. The van der Waals surface area contributed by atoms with Gasteiger partial charge in [0, 0.05) is 25.4 Å². The van der Waals surface area contributed by atoms with Gasteiger partial charge in [0.25, 0.3) is 0 Å². The minimum atomic E-state index is -0.125. The molecule has 2 heterocycles. The van der Waals surface area contributed by atoms with Crippen LogP contribution < -0.4 is 5.32 Å². The number of nitrogens with one attached hydrogen (secondary N) is 1. The molecule has 2 rings (SSSR count). The van der Waals surface area contributed by atoms with Crippen molar-refractivity contribution < 1.29 is 4.79 Å². The van der Waals surface area contributed by atoms with Gasteiger partial charge in [-0.15, -0.1) is 0 Å². The molecule has 0 aromatic heterocycles. The van der Waals surface area contributed by atoms with Crippen molar-refractivity contribution in [2.45, 2.75) is 38.6 Å². The van der Waals surface area contributed by atoms with Crippen molar-refractivity contribution in [1.29, 1.82) is 0 Å². The Labute approximate surface area is 109 Å². The summed E-state index contributed by atoms with van der Waals surface area (Å²) >= 11 is 1.97. The summed E-state index contributed by atoms with van der Waals surface area (Å²) in [5.41, 5.74) is -0.125. The van der Waals surface area contributed by atoms with Gasteiger partial charge in [-0.2, -0.15) is 11.8 Å². The summed E-state index contributed by atoms with van der Waals surface area (Å²) < 4.78 is 0. The van der Waals surface area contributed by atoms with Crippen LogP contribution in [-0.4, -0.2) is 48.5 Å².